The molecule has 0 saturated carbocycles. The van der Waals surface area contributed by atoms with Crippen molar-refractivity contribution in [1.29, 1.82) is 0 Å². The maximum Gasteiger partial charge on any atom is 0.294 e. The van der Waals surface area contributed by atoms with Crippen molar-refractivity contribution in [2.24, 2.45) is 0 Å². The molecule has 0 atom stereocenters. The average molecular weight is 327 g/mol. The lowest BCUT2D eigenvalue weighted by Crippen LogP contribution is -2.12. The van der Waals surface area contributed by atoms with Crippen LogP contribution >= 0.6 is 0 Å². The Morgan fingerprint density at radius 1 is 0.870 bits per heavy atom. The fraction of sp³-hybridized carbons (Fsp3) is 0. The van der Waals surface area contributed by atoms with E-state index in [1.54, 1.807) is 12.1 Å². The van der Waals surface area contributed by atoms with E-state index in [4.69, 9.17) is 4.55 Å². The van der Waals surface area contributed by atoms with Crippen molar-refractivity contribution >= 4 is 32.5 Å². The molecule has 0 unspecified atom stereocenters. The highest BCUT2D eigenvalue weighted by Crippen LogP contribution is 2.20. The second-order valence-electron chi connectivity index (χ2n) is 4.98. The van der Waals surface area contributed by atoms with E-state index in [9.17, 15) is 13.2 Å². The first-order valence-corrected chi connectivity index (χ1v) is 8.26. The summed E-state index contributed by atoms with van der Waals surface area (Å²) in [5.41, 5.74) is 0.970. The number of hydrogen-bond donors (Lipinski definition) is 2. The Labute approximate surface area is 133 Å². The van der Waals surface area contributed by atoms with Crippen LogP contribution in [-0.4, -0.2) is 18.9 Å². The summed E-state index contributed by atoms with van der Waals surface area (Å²) in [6.45, 7) is 0. The SMILES string of the molecule is O=C(Nc1ccc(S(=O)(=O)O)cc1)c1cccc2ccccc12. The van der Waals surface area contributed by atoms with Gasteiger partial charge in [-0.15, -0.1) is 0 Å². The van der Waals surface area contributed by atoms with Crippen LogP contribution in [0.4, 0.5) is 5.69 Å². The van der Waals surface area contributed by atoms with Crippen molar-refractivity contribution in [3.05, 3.63) is 72.3 Å². The molecule has 0 radical (unpaired) electrons. The van der Waals surface area contributed by atoms with Gasteiger partial charge in [-0.3, -0.25) is 9.35 Å². The molecule has 3 aromatic carbocycles. The molecule has 0 aliphatic carbocycles. The van der Waals surface area contributed by atoms with E-state index in [1.807, 2.05) is 30.3 Å². The van der Waals surface area contributed by atoms with Crippen LogP contribution in [0.25, 0.3) is 10.8 Å². The second kappa shape index (κ2) is 5.83. The van der Waals surface area contributed by atoms with Gasteiger partial charge >= 0.3 is 0 Å². The van der Waals surface area contributed by atoms with E-state index in [2.05, 4.69) is 5.32 Å². The highest BCUT2D eigenvalue weighted by Gasteiger charge is 2.12. The van der Waals surface area contributed by atoms with Crippen LogP contribution in [0.5, 0.6) is 0 Å². The third-order valence-corrected chi connectivity index (χ3v) is 4.31. The smallest absolute Gasteiger partial charge is 0.294 e. The number of anilines is 1. The van der Waals surface area contributed by atoms with Crippen LogP contribution in [0.15, 0.2) is 71.6 Å². The Bertz CT molecular complexity index is 974. The van der Waals surface area contributed by atoms with Crippen molar-refractivity contribution in [3.63, 3.8) is 0 Å². The summed E-state index contributed by atoms with van der Waals surface area (Å²) in [4.78, 5) is 12.2. The zero-order valence-electron chi connectivity index (χ0n) is 11.9. The quantitative estimate of drug-likeness (QED) is 0.723. The Morgan fingerprint density at radius 2 is 1.52 bits per heavy atom. The lowest BCUT2D eigenvalue weighted by atomic mass is 10.0. The van der Waals surface area contributed by atoms with Gasteiger partial charge in [0.1, 0.15) is 0 Å². The Kier molecular flexibility index (Phi) is 3.85. The molecule has 5 nitrogen and oxygen atoms in total. The van der Waals surface area contributed by atoms with Crippen LogP contribution in [0.1, 0.15) is 10.4 Å². The van der Waals surface area contributed by atoms with Gasteiger partial charge in [-0.25, -0.2) is 0 Å². The van der Waals surface area contributed by atoms with Gasteiger partial charge in [-0.05, 0) is 41.1 Å². The molecule has 116 valence electrons. The summed E-state index contributed by atoms with van der Waals surface area (Å²) in [5, 5.41) is 4.51. The molecule has 3 aromatic rings. The number of fused-ring (bicyclic) bond motifs is 1. The molecule has 6 heteroatoms. The molecule has 23 heavy (non-hydrogen) atoms. The number of carbonyl (C=O) groups is 1. The maximum absolute atomic E-state index is 12.4. The summed E-state index contributed by atoms with van der Waals surface area (Å²) >= 11 is 0. The molecule has 0 saturated heterocycles. The molecule has 0 aliphatic heterocycles. The highest BCUT2D eigenvalue weighted by molar-refractivity contribution is 7.85. The Morgan fingerprint density at radius 3 is 2.22 bits per heavy atom. The van der Waals surface area contributed by atoms with E-state index >= 15 is 0 Å². The molecule has 1 amide bonds. The molecule has 3 rings (SSSR count). The van der Waals surface area contributed by atoms with Crippen LogP contribution in [0.2, 0.25) is 0 Å². The maximum atomic E-state index is 12.4. The van der Waals surface area contributed by atoms with Gasteiger partial charge in [0.05, 0.1) is 4.90 Å². The van der Waals surface area contributed by atoms with Crippen molar-refractivity contribution in [2.45, 2.75) is 4.90 Å². The van der Waals surface area contributed by atoms with E-state index in [0.717, 1.165) is 10.8 Å². The second-order valence-corrected chi connectivity index (χ2v) is 6.40. The van der Waals surface area contributed by atoms with Crippen molar-refractivity contribution < 1.29 is 17.8 Å². The number of amides is 1. The molecular weight excluding hydrogens is 314 g/mol. The van der Waals surface area contributed by atoms with Gasteiger partial charge in [-0.1, -0.05) is 36.4 Å². The van der Waals surface area contributed by atoms with Crippen LogP contribution in [-0.2, 0) is 10.1 Å². The van der Waals surface area contributed by atoms with Gasteiger partial charge in [0.25, 0.3) is 16.0 Å². The fourth-order valence-electron chi connectivity index (χ4n) is 2.33. The van der Waals surface area contributed by atoms with Crippen LogP contribution in [0.3, 0.4) is 0 Å². The number of carbonyl (C=O) groups excluding carboxylic acids is 1. The number of rotatable bonds is 3. The molecule has 0 fully saturated rings. The van der Waals surface area contributed by atoms with Gasteiger partial charge in [-0.2, -0.15) is 8.42 Å². The first-order valence-electron chi connectivity index (χ1n) is 6.82. The minimum Gasteiger partial charge on any atom is -0.322 e. The summed E-state index contributed by atoms with van der Waals surface area (Å²) < 4.78 is 30.9. The monoisotopic (exact) mass is 327 g/mol. The van der Waals surface area contributed by atoms with E-state index in [1.165, 1.54) is 24.3 Å². The lowest BCUT2D eigenvalue weighted by molar-refractivity contribution is 0.102. The first kappa shape index (κ1) is 15.2. The molecular formula is C17H13NO4S. The molecule has 0 heterocycles. The van der Waals surface area contributed by atoms with Crippen molar-refractivity contribution in [3.8, 4) is 0 Å². The molecule has 2 N–H and O–H groups in total. The third kappa shape index (κ3) is 3.23. The van der Waals surface area contributed by atoms with Gasteiger partial charge < -0.3 is 5.32 Å². The van der Waals surface area contributed by atoms with E-state index in [0.29, 0.717) is 11.3 Å². The Balaban J connectivity index is 1.89. The van der Waals surface area contributed by atoms with Gasteiger partial charge in [0, 0.05) is 11.3 Å². The predicted octanol–water partition coefficient (Wildman–Crippen LogP) is 3.34. The van der Waals surface area contributed by atoms with Crippen molar-refractivity contribution in [2.75, 3.05) is 5.32 Å². The summed E-state index contributed by atoms with van der Waals surface area (Å²) in [5.74, 6) is -0.290. The minimum absolute atomic E-state index is 0.222. The zero-order valence-corrected chi connectivity index (χ0v) is 12.7. The highest BCUT2D eigenvalue weighted by atomic mass is 32.2. The minimum atomic E-state index is -4.24. The molecule has 0 spiro atoms. The Hall–Kier alpha value is -2.70. The van der Waals surface area contributed by atoms with Crippen LogP contribution < -0.4 is 5.32 Å². The van der Waals surface area contributed by atoms with Crippen molar-refractivity contribution in [1.82, 2.24) is 0 Å². The number of benzene rings is 3. The largest absolute Gasteiger partial charge is 0.322 e. The summed E-state index contributed by atoms with van der Waals surface area (Å²) in [6, 6.07) is 18.3. The normalized spacial score (nSPS) is 11.3. The van der Waals surface area contributed by atoms with Gasteiger partial charge in [0.2, 0.25) is 0 Å². The fourth-order valence-corrected chi connectivity index (χ4v) is 2.81. The molecule has 0 bridgehead atoms. The van der Waals surface area contributed by atoms with E-state index in [-0.39, 0.29) is 10.8 Å². The first-order chi connectivity index (χ1) is 10.9. The molecule has 0 aliphatic rings. The van der Waals surface area contributed by atoms with Gasteiger partial charge in [0.15, 0.2) is 0 Å². The zero-order chi connectivity index (χ0) is 16.4. The third-order valence-electron chi connectivity index (χ3n) is 3.44. The summed E-state index contributed by atoms with van der Waals surface area (Å²) in [7, 11) is -4.24. The summed E-state index contributed by atoms with van der Waals surface area (Å²) in [6.07, 6.45) is 0. The lowest BCUT2D eigenvalue weighted by Gasteiger charge is -2.08. The topological polar surface area (TPSA) is 83.5 Å². The van der Waals surface area contributed by atoms with E-state index < -0.39 is 10.1 Å². The average Bonchev–Trinajstić information content (AvgIpc) is 2.54. The number of hydrogen-bond acceptors (Lipinski definition) is 3. The predicted molar refractivity (Wildman–Crippen MR) is 88.2 cm³/mol. The standard InChI is InChI=1S/C17H13NO4S/c19-17(16-7-3-5-12-4-1-2-6-15(12)16)18-13-8-10-14(11-9-13)23(20,21)22/h1-11H,(H,18,19)(H,20,21,22). The van der Waals surface area contributed by atoms with Crippen LogP contribution in [0, 0.1) is 0 Å². The molecule has 0 aromatic heterocycles. The number of nitrogens with one attached hydrogen (secondary N) is 1.